The lowest BCUT2D eigenvalue weighted by Gasteiger charge is -2.22. The molecule has 0 aromatic carbocycles. The first kappa shape index (κ1) is 19.3. The summed E-state index contributed by atoms with van der Waals surface area (Å²) in [6, 6.07) is 0. The van der Waals surface area contributed by atoms with Gasteiger partial charge in [0.05, 0.1) is 5.76 Å². The van der Waals surface area contributed by atoms with Gasteiger partial charge in [0, 0.05) is 18.4 Å². The topological polar surface area (TPSA) is 72.8 Å². The Morgan fingerprint density at radius 3 is 2.17 bits per heavy atom. The van der Waals surface area contributed by atoms with Gasteiger partial charge in [0.2, 0.25) is 0 Å². The van der Waals surface area contributed by atoms with E-state index in [2.05, 4.69) is 6.58 Å². The molecule has 1 N–H and O–H groups in total. The van der Waals surface area contributed by atoms with Gasteiger partial charge in [-0.15, -0.1) is 0 Å². The summed E-state index contributed by atoms with van der Waals surface area (Å²) in [4.78, 5) is 21.7. The molecule has 0 aliphatic heterocycles. The third-order valence-electron chi connectivity index (χ3n) is 3.84. The van der Waals surface area contributed by atoms with Crippen molar-refractivity contribution in [1.29, 1.82) is 0 Å². The summed E-state index contributed by atoms with van der Waals surface area (Å²) in [5, 5.41) is 8.60. The molecule has 0 heterocycles. The summed E-state index contributed by atoms with van der Waals surface area (Å²) < 4.78 is 10.8. The van der Waals surface area contributed by atoms with Crippen LogP contribution >= 0.6 is 0 Å². The number of carbonyl (C=O) groups excluding carboxylic acids is 1. The molecule has 23 heavy (non-hydrogen) atoms. The monoisotopic (exact) mass is 324 g/mol. The number of hydrogen-bond donors (Lipinski definition) is 1. The molecule has 5 heteroatoms. The summed E-state index contributed by atoms with van der Waals surface area (Å²) in [5.41, 5.74) is 1.77. The zero-order chi connectivity index (χ0) is 17.1. The van der Waals surface area contributed by atoms with Crippen LogP contribution in [0, 0.1) is 0 Å². The Morgan fingerprint density at radius 2 is 1.65 bits per heavy atom. The van der Waals surface area contributed by atoms with Gasteiger partial charge in [0.15, 0.2) is 0 Å². The average Bonchev–Trinajstić information content (AvgIpc) is 2.43. The van der Waals surface area contributed by atoms with E-state index < -0.39 is 5.97 Å². The molecule has 1 fully saturated rings. The van der Waals surface area contributed by atoms with Crippen molar-refractivity contribution in [2.45, 2.75) is 64.7 Å². The summed E-state index contributed by atoms with van der Waals surface area (Å²) in [7, 11) is 0. The number of rotatable bonds is 12. The Labute approximate surface area is 138 Å². The van der Waals surface area contributed by atoms with Crippen LogP contribution in [0.1, 0.15) is 64.7 Å². The maximum Gasteiger partial charge on any atom is 0.333 e. The normalized spacial score (nSPS) is 13.2. The molecule has 1 rings (SSSR count). The third-order valence-corrected chi connectivity index (χ3v) is 3.84. The van der Waals surface area contributed by atoms with E-state index in [1.165, 1.54) is 12.0 Å². The van der Waals surface area contributed by atoms with Gasteiger partial charge >= 0.3 is 11.9 Å². The number of carboxylic acids is 1. The Hall–Kier alpha value is -1.78. The molecule has 1 saturated carbocycles. The highest BCUT2D eigenvalue weighted by atomic mass is 16.6. The lowest BCUT2D eigenvalue weighted by Crippen LogP contribution is -2.13. The van der Waals surface area contributed by atoms with Gasteiger partial charge in [0.1, 0.15) is 13.2 Å². The summed E-state index contributed by atoms with van der Waals surface area (Å²) in [6.07, 6.45) is 8.23. The highest BCUT2D eigenvalue weighted by Gasteiger charge is 2.16. The molecule has 1 aliphatic carbocycles. The van der Waals surface area contributed by atoms with E-state index >= 15 is 0 Å². The molecule has 1 aliphatic rings. The fourth-order valence-corrected chi connectivity index (χ4v) is 2.32. The average molecular weight is 324 g/mol. The second-order valence-corrected chi connectivity index (χ2v) is 5.95. The van der Waals surface area contributed by atoms with Crippen molar-refractivity contribution in [3.05, 3.63) is 23.5 Å². The van der Waals surface area contributed by atoms with Crippen molar-refractivity contribution < 1.29 is 24.2 Å². The van der Waals surface area contributed by atoms with Gasteiger partial charge in [-0.25, -0.2) is 4.79 Å². The van der Waals surface area contributed by atoms with Crippen LogP contribution in [0.3, 0.4) is 0 Å². The fraction of sp³-hybridized carbons (Fsp3) is 0.667. The van der Waals surface area contributed by atoms with E-state index in [-0.39, 0.29) is 19.0 Å². The van der Waals surface area contributed by atoms with Gasteiger partial charge < -0.3 is 14.6 Å². The first-order valence-electron chi connectivity index (χ1n) is 8.39. The maximum atomic E-state index is 11.3. The molecular formula is C18H28O5. The number of aliphatic carboxylic acids is 1. The number of hydrogen-bond acceptors (Lipinski definition) is 4. The highest BCUT2D eigenvalue weighted by Crippen LogP contribution is 2.31. The molecule has 0 atom stereocenters. The van der Waals surface area contributed by atoms with E-state index in [1.807, 2.05) is 0 Å². The minimum Gasteiger partial charge on any atom is -0.494 e. The molecule has 130 valence electrons. The lowest BCUT2D eigenvalue weighted by atomic mass is 9.90. The van der Waals surface area contributed by atoms with E-state index in [9.17, 15) is 9.59 Å². The van der Waals surface area contributed by atoms with Crippen LogP contribution in [-0.2, 0) is 19.1 Å². The highest BCUT2D eigenvalue weighted by molar-refractivity contribution is 5.86. The first-order valence-corrected chi connectivity index (χ1v) is 8.39. The van der Waals surface area contributed by atoms with E-state index in [4.69, 9.17) is 14.6 Å². The van der Waals surface area contributed by atoms with E-state index in [0.29, 0.717) is 12.2 Å². The standard InChI is InChI=1S/C18H28O5/c1-14(2)18(21)23-13-12-22-16(15-8-7-9-15)10-5-3-4-6-11-17(19)20/h1,3-13H2,2H3,(H,19,20). The molecular weight excluding hydrogens is 296 g/mol. The van der Waals surface area contributed by atoms with Crippen LogP contribution < -0.4 is 0 Å². The first-order chi connectivity index (χ1) is 11.0. The smallest absolute Gasteiger partial charge is 0.333 e. The van der Waals surface area contributed by atoms with Crippen LogP contribution in [0.5, 0.6) is 0 Å². The van der Waals surface area contributed by atoms with Crippen molar-refractivity contribution in [2.24, 2.45) is 0 Å². The molecule has 0 aromatic rings. The van der Waals surface area contributed by atoms with Crippen molar-refractivity contribution in [3.63, 3.8) is 0 Å². The zero-order valence-corrected chi connectivity index (χ0v) is 14.1. The van der Waals surface area contributed by atoms with Gasteiger partial charge in [0.25, 0.3) is 0 Å². The fourth-order valence-electron chi connectivity index (χ4n) is 2.32. The van der Waals surface area contributed by atoms with Crippen LogP contribution in [0.25, 0.3) is 0 Å². The quantitative estimate of drug-likeness (QED) is 0.254. The van der Waals surface area contributed by atoms with Gasteiger partial charge in [-0.2, -0.15) is 0 Å². The van der Waals surface area contributed by atoms with Crippen LogP contribution in [0.4, 0.5) is 0 Å². The second kappa shape index (κ2) is 10.9. The Balaban J connectivity index is 2.20. The van der Waals surface area contributed by atoms with Crippen molar-refractivity contribution in [3.8, 4) is 0 Å². The van der Waals surface area contributed by atoms with Crippen LogP contribution in [0.2, 0.25) is 0 Å². The molecule has 0 bridgehead atoms. The predicted octanol–water partition coefficient (Wildman–Crippen LogP) is 3.99. The third kappa shape index (κ3) is 8.43. The summed E-state index contributed by atoms with van der Waals surface area (Å²) >= 11 is 0. The Morgan fingerprint density at radius 1 is 1.04 bits per heavy atom. The minimum absolute atomic E-state index is 0.237. The zero-order valence-electron chi connectivity index (χ0n) is 14.1. The second-order valence-electron chi connectivity index (χ2n) is 5.95. The molecule has 0 radical (unpaired) electrons. The molecule has 0 unspecified atom stereocenters. The summed E-state index contributed by atoms with van der Waals surface area (Å²) in [6.45, 7) is 5.76. The van der Waals surface area contributed by atoms with Gasteiger partial charge in [-0.1, -0.05) is 19.4 Å². The SMILES string of the molecule is C=C(C)C(=O)OCCOC(CCCCCCC(=O)O)=C1CCC1. The number of carboxylic acid groups (broad SMARTS) is 1. The molecule has 0 saturated heterocycles. The number of allylic oxidation sites excluding steroid dienone is 2. The van der Waals surface area contributed by atoms with Crippen molar-refractivity contribution >= 4 is 11.9 Å². The molecule has 5 nitrogen and oxygen atoms in total. The molecule has 0 spiro atoms. The van der Waals surface area contributed by atoms with Crippen LogP contribution in [0.15, 0.2) is 23.5 Å². The minimum atomic E-state index is -0.727. The molecule has 0 amide bonds. The van der Waals surface area contributed by atoms with Gasteiger partial charge in [-0.05, 0) is 44.6 Å². The lowest BCUT2D eigenvalue weighted by molar-refractivity contribution is -0.140. The van der Waals surface area contributed by atoms with Crippen molar-refractivity contribution in [2.75, 3.05) is 13.2 Å². The number of esters is 1. The maximum absolute atomic E-state index is 11.3. The largest absolute Gasteiger partial charge is 0.494 e. The Kier molecular flexibility index (Phi) is 9.10. The number of carbonyl (C=O) groups is 2. The molecule has 0 aromatic heterocycles. The van der Waals surface area contributed by atoms with Crippen LogP contribution in [-0.4, -0.2) is 30.3 Å². The Bertz CT molecular complexity index is 444. The number of ether oxygens (including phenoxy) is 2. The van der Waals surface area contributed by atoms with Gasteiger partial charge in [-0.3, -0.25) is 4.79 Å². The number of unbranched alkanes of at least 4 members (excludes halogenated alkanes) is 3. The summed E-state index contributed by atoms with van der Waals surface area (Å²) in [5.74, 6) is -0.0688. The van der Waals surface area contributed by atoms with Crippen molar-refractivity contribution in [1.82, 2.24) is 0 Å². The van der Waals surface area contributed by atoms with E-state index in [0.717, 1.165) is 50.7 Å². The van der Waals surface area contributed by atoms with E-state index in [1.54, 1.807) is 6.92 Å². The predicted molar refractivity (Wildman–Crippen MR) is 87.9 cm³/mol.